The largest absolute Gasteiger partial charge is 0.508 e. The van der Waals surface area contributed by atoms with E-state index in [1.54, 1.807) is 12.1 Å². The molecule has 12 nitrogen and oxygen atoms in total. The fourth-order valence-electron chi connectivity index (χ4n) is 5.08. The number of nitrogens with zero attached hydrogens (tertiary/aromatic N) is 2. The van der Waals surface area contributed by atoms with Gasteiger partial charge in [0.15, 0.2) is 0 Å². The van der Waals surface area contributed by atoms with Crippen LogP contribution in [0.3, 0.4) is 0 Å². The number of carbonyl (C=O) groups is 4. The molecule has 41 heavy (non-hydrogen) atoms. The van der Waals surface area contributed by atoms with Gasteiger partial charge in [0.05, 0.1) is 19.4 Å². The summed E-state index contributed by atoms with van der Waals surface area (Å²) in [6, 6.07) is 3.31. The van der Waals surface area contributed by atoms with Crippen molar-refractivity contribution >= 4 is 24.2 Å². The molecular formula is C29H45N5O7. The van der Waals surface area contributed by atoms with E-state index in [4.69, 9.17) is 4.74 Å². The second-order valence-corrected chi connectivity index (χ2v) is 12.0. The number of rotatable bonds is 14. The zero-order valence-corrected chi connectivity index (χ0v) is 24.3. The van der Waals surface area contributed by atoms with Crippen molar-refractivity contribution in [1.82, 2.24) is 25.8 Å². The molecule has 0 bridgehead atoms. The van der Waals surface area contributed by atoms with Gasteiger partial charge in [-0.15, -0.1) is 0 Å². The molecule has 0 aliphatic carbocycles. The number of benzene rings is 1. The van der Waals surface area contributed by atoms with Crippen LogP contribution in [0.2, 0.25) is 0 Å². The van der Waals surface area contributed by atoms with Crippen LogP contribution in [0, 0.1) is 5.41 Å². The summed E-state index contributed by atoms with van der Waals surface area (Å²) in [5, 5.41) is 28.2. The molecule has 3 rings (SSSR count). The maximum atomic E-state index is 13.9. The molecule has 4 atom stereocenters. The number of amides is 3. The molecule has 0 radical (unpaired) electrons. The van der Waals surface area contributed by atoms with Crippen LogP contribution < -0.4 is 16.0 Å². The molecule has 12 heteroatoms. The third kappa shape index (κ3) is 10.3. The van der Waals surface area contributed by atoms with Gasteiger partial charge >= 0.3 is 5.97 Å². The van der Waals surface area contributed by atoms with Crippen LogP contribution >= 0.6 is 0 Å². The van der Waals surface area contributed by atoms with Gasteiger partial charge in [-0.2, -0.15) is 0 Å². The van der Waals surface area contributed by atoms with Crippen molar-refractivity contribution < 1.29 is 34.1 Å². The summed E-state index contributed by atoms with van der Waals surface area (Å²) in [7, 11) is 0. The Balaban J connectivity index is 1.83. The third-order valence-corrected chi connectivity index (χ3v) is 7.52. The number of ether oxygens (including phenoxy) is 1. The van der Waals surface area contributed by atoms with E-state index in [1.165, 1.54) is 17.0 Å². The Kier molecular flexibility index (Phi) is 11.9. The number of aliphatic carboxylic acids is 1. The van der Waals surface area contributed by atoms with Crippen molar-refractivity contribution in [3.8, 4) is 5.75 Å². The Hall–Kier alpha value is -3.22. The first-order valence-electron chi connectivity index (χ1n) is 14.3. The molecule has 5 N–H and O–H groups in total. The molecular weight excluding hydrogens is 530 g/mol. The highest BCUT2D eigenvalue weighted by Gasteiger charge is 2.36. The predicted molar refractivity (Wildman–Crippen MR) is 152 cm³/mol. The lowest BCUT2D eigenvalue weighted by atomic mass is 9.88. The van der Waals surface area contributed by atoms with E-state index in [9.17, 15) is 29.4 Å². The zero-order chi connectivity index (χ0) is 30.0. The zero-order valence-electron chi connectivity index (χ0n) is 24.3. The summed E-state index contributed by atoms with van der Waals surface area (Å²) in [6.45, 7) is 8.99. The Morgan fingerprint density at radius 3 is 2.34 bits per heavy atom. The summed E-state index contributed by atoms with van der Waals surface area (Å²) >= 11 is 0. The van der Waals surface area contributed by atoms with Gasteiger partial charge < -0.3 is 30.5 Å². The van der Waals surface area contributed by atoms with E-state index in [-0.39, 0.29) is 36.7 Å². The number of carbonyl (C=O) groups excluding carboxylic acids is 3. The van der Waals surface area contributed by atoms with Crippen molar-refractivity contribution in [2.75, 3.05) is 39.4 Å². The molecule has 228 valence electrons. The average molecular weight is 576 g/mol. The van der Waals surface area contributed by atoms with Gasteiger partial charge in [0.1, 0.15) is 23.9 Å². The highest BCUT2D eigenvalue weighted by molar-refractivity contribution is 5.92. The second-order valence-electron chi connectivity index (χ2n) is 12.0. The van der Waals surface area contributed by atoms with Crippen molar-refractivity contribution in [3.63, 3.8) is 0 Å². The van der Waals surface area contributed by atoms with E-state index in [0.717, 1.165) is 18.5 Å². The number of phenols is 1. The molecule has 2 heterocycles. The van der Waals surface area contributed by atoms with Crippen molar-refractivity contribution in [2.45, 2.75) is 77.2 Å². The van der Waals surface area contributed by atoms with Crippen LogP contribution in [-0.2, 0) is 30.3 Å². The highest BCUT2D eigenvalue weighted by atomic mass is 16.5. The minimum atomic E-state index is -1.14. The lowest BCUT2D eigenvalue weighted by Gasteiger charge is -2.35. The Bertz CT molecular complexity index is 1020. The van der Waals surface area contributed by atoms with Crippen molar-refractivity contribution in [1.29, 1.82) is 0 Å². The number of hydrogen-bond donors (Lipinski definition) is 5. The molecule has 0 saturated carbocycles. The Morgan fingerprint density at radius 2 is 1.78 bits per heavy atom. The average Bonchev–Trinajstić information content (AvgIpc) is 3.46. The monoisotopic (exact) mass is 575 g/mol. The third-order valence-electron chi connectivity index (χ3n) is 7.52. The van der Waals surface area contributed by atoms with E-state index < -0.39 is 35.9 Å². The predicted octanol–water partition coefficient (Wildman–Crippen LogP) is 0.684. The fourth-order valence-corrected chi connectivity index (χ4v) is 5.08. The normalized spacial score (nSPS) is 20.0. The molecule has 3 amide bonds. The molecule has 0 aromatic heterocycles. The smallest absolute Gasteiger partial charge is 0.326 e. The second kappa shape index (κ2) is 15.1. The molecule has 1 aromatic carbocycles. The van der Waals surface area contributed by atoms with Gasteiger partial charge in [-0.05, 0) is 55.3 Å². The number of nitrogens with one attached hydrogen (secondary N) is 3. The quantitative estimate of drug-likeness (QED) is 0.201. The Morgan fingerprint density at radius 1 is 1.12 bits per heavy atom. The maximum Gasteiger partial charge on any atom is 0.326 e. The van der Waals surface area contributed by atoms with Crippen molar-refractivity contribution in [2.24, 2.45) is 5.41 Å². The number of phenolic OH excluding ortho intramolecular Hbond substituents is 1. The van der Waals surface area contributed by atoms with Crippen LogP contribution in [0.15, 0.2) is 24.3 Å². The molecule has 2 saturated heterocycles. The number of carboxylic acid groups (broad SMARTS) is 1. The number of aromatic hydroxyl groups is 1. The summed E-state index contributed by atoms with van der Waals surface area (Å²) in [6.07, 6.45) is 2.86. The molecule has 2 aliphatic heterocycles. The number of carboxylic acids is 1. The molecule has 2 fully saturated rings. The molecule has 2 aliphatic rings. The molecule has 1 aromatic rings. The number of morpholine rings is 1. The van der Waals surface area contributed by atoms with Gasteiger partial charge in [0.2, 0.25) is 18.2 Å². The van der Waals surface area contributed by atoms with Crippen LogP contribution in [0.5, 0.6) is 5.75 Å². The van der Waals surface area contributed by atoms with Gasteiger partial charge in [0, 0.05) is 26.1 Å². The molecule has 0 spiro atoms. The first kappa shape index (κ1) is 32.3. The summed E-state index contributed by atoms with van der Waals surface area (Å²) in [4.78, 5) is 55.1. The van der Waals surface area contributed by atoms with Gasteiger partial charge in [-0.25, -0.2) is 4.79 Å². The SMILES string of the molecule is CC(C)(C)CC[C@H](NC(=O)[C@H](CN1CCOCC1)NC(=O)[C@H](Cc1ccc(O)cc1)N(C=O)[C@H]1CCCN1)C(=O)O. The van der Waals surface area contributed by atoms with Crippen LogP contribution in [0.1, 0.15) is 52.0 Å². The van der Waals surface area contributed by atoms with Crippen LogP contribution in [0.25, 0.3) is 0 Å². The van der Waals surface area contributed by atoms with E-state index in [1.807, 2.05) is 25.7 Å². The number of hydrogen-bond acceptors (Lipinski definition) is 8. The molecule has 0 unspecified atom stereocenters. The topological polar surface area (TPSA) is 161 Å². The van der Waals surface area contributed by atoms with Crippen molar-refractivity contribution in [3.05, 3.63) is 29.8 Å². The lowest BCUT2D eigenvalue weighted by Crippen LogP contribution is -2.61. The van der Waals surface area contributed by atoms with E-state index >= 15 is 0 Å². The lowest BCUT2D eigenvalue weighted by molar-refractivity contribution is -0.143. The summed E-state index contributed by atoms with van der Waals surface area (Å²) in [5.74, 6) is -2.16. The van der Waals surface area contributed by atoms with Gasteiger partial charge in [-0.1, -0.05) is 32.9 Å². The van der Waals surface area contributed by atoms with E-state index in [2.05, 4.69) is 16.0 Å². The van der Waals surface area contributed by atoms with E-state index in [0.29, 0.717) is 45.6 Å². The first-order chi connectivity index (χ1) is 19.5. The minimum Gasteiger partial charge on any atom is -0.508 e. The fraction of sp³-hybridized carbons (Fsp3) is 0.655. The van der Waals surface area contributed by atoms with Crippen LogP contribution in [-0.4, -0.2) is 108 Å². The first-order valence-corrected chi connectivity index (χ1v) is 14.3. The summed E-state index contributed by atoms with van der Waals surface area (Å²) in [5.41, 5.74) is 0.614. The van der Waals surface area contributed by atoms with Crippen LogP contribution in [0.4, 0.5) is 0 Å². The highest BCUT2D eigenvalue weighted by Crippen LogP contribution is 2.22. The minimum absolute atomic E-state index is 0.0844. The summed E-state index contributed by atoms with van der Waals surface area (Å²) < 4.78 is 5.42. The van der Waals surface area contributed by atoms with Gasteiger partial charge in [-0.3, -0.25) is 24.6 Å². The van der Waals surface area contributed by atoms with Gasteiger partial charge in [0.25, 0.3) is 0 Å². The standard InChI is InChI=1S/C29H45N5O7/c1-29(2,3)11-10-22(28(39)40)31-26(37)23(18-33-13-15-41-16-14-33)32-27(38)24(17-20-6-8-21(36)9-7-20)34(19-35)25-5-4-12-30-25/h6-9,19,22-25,30,36H,4-5,10-18H2,1-3H3,(H,31,37)(H,32,38)(H,39,40)/t22-,23-,24-,25-/m0/s1. The Labute approximate surface area is 241 Å². The maximum absolute atomic E-state index is 13.9.